The minimum atomic E-state index is 0.0225. The van der Waals surface area contributed by atoms with Gasteiger partial charge in [-0.1, -0.05) is 19.8 Å². The van der Waals surface area contributed by atoms with E-state index in [-0.39, 0.29) is 6.04 Å². The lowest BCUT2D eigenvalue weighted by atomic mass is 9.82. The predicted octanol–water partition coefficient (Wildman–Crippen LogP) is 3.10. The molecular formula is C14H23N3. The van der Waals surface area contributed by atoms with Gasteiger partial charge in [0.05, 0.1) is 0 Å². The summed E-state index contributed by atoms with van der Waals surface area (Å²) in [5, 5.41) is 0. The quantitative estimate of drug-likeness (QED) is 0.854. The van der Waals surface area contributed by atoms with Gasteiger partial charge in [-0.15, -0.1) is 0 Å². The third-order valence-electron chi connectivity index (χ3n) is 3.83. The summed E-state index contributed by atoms with van der Waals surface area (Å²) in [6, 6.07) is 0.0225. The molecule has 0 bridgehead atoms. The molecule has 3 nitrogen and oxygen atoms in total. The zero-order valence-electron chi connectivity index (χ0n) is 11.1. The van der Waals surface area contributed by atoms with E-state index in [0.29, 0.717) is 5.92 Å². The maximum Gasteiger partial charge on any atom is 0.131 e. The second-order valence-electron chi connectivity index (χ2n) is 5.53. The first-order valence-electron chi connectivity index (χ1n) is 6.67. The number of aromatic nitrogens is 2. The second kappa shape index (κ2) is 5.13. The average molecular weight is 233 g/mol. The minimum Gasteiger partial charge on any atom is -0.324 e. The van der Waals surface area contributed by atoms with Gasteiger partial charge in [0.15, 0.2) is 0 Å². The molecule has 1 aliphatic carbocycles. The first kappa shape index (κ1) is 12.5. The van der Waals surface area contributed by atoms with Crippen LogP contribution < -0.4 is 5.73 Å². The molecule has 1 aromatic rings. The monoisotopic (exact) mass is 233 g/mol. The standard InChI is InChI=1S/C14H23N3/c1-9-5-4-6-12(7-9)14-16-8-13(10(2)15)11(3)17-14/h8-10,12H,4-7,15H2,1-3H3/t9?,10-,12?/m0/s1. The van der Waals surface area contributed by atoms with Gasteiger partial charge < -0.3 is 5.73 Å². The highest BCUT2D eigenvalue weighted by Crippen LogP contribution is 2.34. The number of rotatable bonds is 2. The van der Waals surface area contributed by atoms with Gasteiger partial charge in [0.2, 0.25) is 0 Å². The highest BCUT2D eigenvalue weighted by atomic mass is 14.9. The zero-order valence-corrected chi connectivity index (χ0v) is 11.1. The molecule has 0 aromatic carbocycles. The van der Waals surface area contributed by atoms with Crippen LogP contribution in [-0.4, -0.2) is 9.97 Å². The molecule has 0 aliphatic heterocycles. The molecular weight excluding hydrogens is 210 g/mol. The first-order valence-corrected chi connectivity index (χ1v) is 6.67. The summed E-state index contributed by atoms with van der Waals surface area (Å²) in [4.78, 5) is 9.19. The molecule has 0 spiro atoms. The van der Waals surface area contributed by atoms with Gasteiger partial charge in [0.1, 0.15) is 5.82 Å². The number of nitrogens with zero attached hydrogens (tertiary/aromatic N) is 2. The van der Waals surface area contributed by atoms with Gasteiger partial charge >= 0.3 is 0 Å². The largest absolute Gasteiger partial charge is 0.324 e. The lowest BCUT2D eigenvalue weighted by Gasteiger charge is -2.26. The van der Waals surface area contributed by atoms with Gasteiger partial charge in [0.25, 0.3) is 0 Å². The van der Waals surface area contributed by atoms with Crippen molar-refractivity contribution in [1.82, 2.24) is 9.97 Å². The molecule has 0 saturated heterocycles. The van der Waals surface area contributed by atoms with E-state index in [0.717, 1.165) is 23.0 Å². The van der Waals surface area contributed by atoms with Crippen LogP contribution in [0.3, 0.4) is 0 Å². The second-order valence-corrected chi connectivity index (χ2v) is 5.53. The molecule has 17 heavy (non-hydrogen) atoms. The Kier molecular flexibility index (Phi) is 3.77. The Morgan fingerprint density at radius 1 is 1.41 bits per heavy atom. The molecule has 1 fully saturated rings. The van der Waals surface area contributed by atoms with Crippen LogP contribution >= 0.6 is 0 Å². The van der Waals surface area contributed by atoms with E-state index >= 15 is 0 Å². The van der Waals surface area contributed by atoms with E-state index in [9.17, 15) is 0 Å². The smallest absolute Gasteiger partial charge is 0.131 e. The summed E-state index contributed by atoms with van der Waals surface area (Å²) in [7, 11) is 0. The van der Waals surface area contributed by atoms with Crippen LogP contribution in [0, 0.1) is 12.8 Å². The fraction of sp³-hybridized carbons (Fsp3) is 0.714. The van der Waals surface area contributed by atoms with E-state index in [4.69, 9.17) is 5.73 Å². The Hall–Kier alpha value is -0.960. The number of hydrogen-bond donors (Lipinski definition) is 1. The van der Waals surface area contributed by atoms with E-state index in [1.807, 2.05) is 20.0 Å². The van der Waals surface area contributed by atoms with E-state index in [1.165, 1.54) is 25.7 Å². The van der Waals surface area contributed by atoms with Crippen molar-refractivity contribution < 1.29 is 0 Å². The highest BCUT2D eigenvalue weighted by molar-refractivity contribution is 5.20. The third-order valence-corrected chi connectivity index (χ3v) is 3.83. The van der Waals surface area contributed by atoms with Gasteiger partial charge in [0, 0.05) is 29.4 Å². The fourth-order valence-corrected chi connectivity index (χ4v) is 2.81. The lowest BCUT2D eigenvalue weighted by molar-refractivity contribution is 0.334. The van der Waals surface area contributed by atoms with Crippen LogP contribution in [0.4, 0.5) is 0 Å². The van der Waals surface area contributed by atoms with Crippen LogP contribution in [0.5, 0.6) is 0 Å². The predicted molar refractivity (Wildman–Crippen MR) is 69.7 cm³/mol. The Morgan fingerprint density at radius 3 is 2.76 bits per heavy atom. The Labute approximate surface area is 104 Å². The molecule has 94 valence electrons. The molecule has 2 unspecified atom stereocenters. The molecule has 1 heterocycles. The Bertz CT molecular complexity index is 387. The number of hydrogen-bond acceptors (Lipinski definition) is 3. The van der Waals surface area contributed by atoms with Gasteiger partial charge in [-0.3, -0.25) is 0 Å². The van der Waals surface area contributed by atoms with Crippen molar-refractivity contribution in [3.05, 3.63) is 23.3 Å². The van der Waals surface area contributed by atoms with Crippen molar-refractivity contribution in [3.63, 3.8) is 0 Å². The fourth-order valence-electron chi connectivity index (χ4n) is 2.81. The topological polar surface area (TPSA) is 51.8 Å². The molecule has 1 saturated carbocycles. The summed E-state index contributed by atoms with van der Waals surface area (Å²) in [6.07, 6.45) is 7.05. The van der Waals surface area contributed by atoms with Crippen molar-refractivity contribution in [2.24, 2.45) is 11.7 Å². The first-order chi connectivity index (χ1) is 8.08. The molecule has 2 rings (SSSR count). The highest BCUT2D eigenvalue weighted by Gasteiger charge is 2.23. The Balaban J connectivity index is 2.19. The SMILES string of the molecule is Cc1nc(C2CCCC(C)C2)ncc1[C@H](C)N. The summed E-state index contributed by atoms with van der Waals surface area (Å²) >= 11 is 0. The van der Waals surface area contributed by atoms with Crippen molar-refractivity contribution in [1.29, 1.82) is 0 Å². The van der Waals surface area contributed by atoms with Crippen LogP contribution in [0.15, 0.2) is 6.20 Å². The van der Waals surface area contributed by atoms with Crippen molar-refractivity contribution >= 4 is 0 Å². The summed E-state index contributed by atoms with van der Waals surface area (Å²) < 4.78 is 0. The maximum absolute atomic E-state index is 5.89. The van der Waals surface area contributed by atoms with E-state index in [1.54, 1.807) is 0 Å². The van der Waals surface area contributed by atoms with Crippen LogP contribution in [0.25, 0.3) is 0 Å². The van der Waals surface area contributed by atoms with E-state index in [2.05, 4.69) is 16.9 Å². The van der Waals surface area contributed by atoms with Gasteiger partial charge in [-0.25, -0.2) is 9.97 Å². The van der Waals surface area contributed by atoms with E-state index < -0.39 is 0 Å². The maximum atomic E-state index is 5.89. The normalized spacial score (nSPS) is 26.8. The van der Waals surface area contributed by atoms with Gasteiger partial charge in [-0.05, 0) is 32.6 Å². The Morgan fingerprint density at radius 2 is 2.18 bits per heavy atom. The molecule has 3 atom stereocenters. The molecule has 1 aromatic heterocycles. The molecule has 0 radical (unpaired) electrons. The summed E-state index contributed by atoms with van der Waals surface area (Å²) in [6.45, 7) is 6.35. The lowest BCUT2D eigenvalue weighted by Crippen LogP contribution is -2.16. The molecule has 2 N–H and O–H groups in total. The molecule has 0 amide bonds. The minimum absolute atomic E-state index is 0.0225. The van der Waals surface area contributed by atoms with Crippen molar-refractivity contribution in [2.75, 3.05) is 0 Å². The third kappa shape index (κ3) is 2.83. The van der Waals surface area contributed by atoms with Crippen LogP contribution in [0.1, 0.15) is 68.6 Å². The zero-order chi connectivity index (χ0) is 12.4. The number of aryl methyl sites for hydroxylation is 1. The average Bonchev–Trinajstić information content (AvgIpc) is 2.28. The van der Waals surface area contributed by atoms with Crippen LogP contribution in [-0.2, 0) is 0 Å². The summed E-state index contributed by atoms with van der Waals surface area (Å²) in [5.74, 6) is 2.39. The molecule has 3 heteroatoms. The van der Waals surface area contributed by atoms with Crippen molar-refractivity contribution in [3.8, 4) is 0 Å². The molecule has 1 aliphatic rings. The number of nitrogens with two attached hydrogens (primary N) is 1. The summed E-state index contributed by atoms with van der Waals surface area (Å²) in [5.41, 5.74) is 8.00. The van der Waals surface area contributed by atoms with Crippen molar-refractivity contribution in [2.45, 2.75) is 58.4 Å². The van der Waals surface area contributed by atoms with Gasteiger partial charge in [-0.2, -0.15) is 0 Å². The van der Waals surface area contributed by atoms with Crippen LogP contribution in [0.2, 0.25) is 0 Å².